The molecule has 0 aliphatic rings. The zero-order valence-corrected chi connectivity index (χ0v) is 9.29. The van der Waals surface area contributed by atoms with Crippen LogP contribution >= 0.6 is 0 Å². The second kappa shape index (κ2) is 4.41. The van der Waals surface area contributed by atoms with Crippen molar-refractivity contribution in [1.82, 2.24) is 4.90 Å². The minimum Gasteiger partial charge on any atom is -0.292 e. The van der Waals surface area contributed by atoms with Crippen LogP contribution < -0.4 is 0 Å². The fourth-order valence-corrected chi connectivity index (χ4v) is 1.34. The van der Waals surface area contributed by atoms with Crippen molar-refractivity contribution in [2.75, 3.05) is 14.1 Å². The van der Waals surface area contributed by atoms with Gasteiger partial charge < -0.3 is 0 Å². The Morgan fingerprint density at radius 2 is 2.13 bits per heavy atom. The Hall–Kier alpha value is -1.40. The van der Waals surface area contributed by atoms with E-state index in [1.807, 2.05) is 32.0 Å². The van der Waals surface area contributed by atoms with Crippen molar-refractivity contribution in [1.29, 1.82) is 5.26 Å². The Kier molecular flexibility index (Phi) is 3.43. The number of nitriles is 1. The normalized spacial score (nSPS) is 14.7. The number of hydrogen-bond donors (Lipinski definition) is 0. The summed E-state index contributed by atoms with van der Waals surface area (Å²) >= 11 is 0. The van der Waals surface area contributed by atoms with Crippen LogP contribution in [0.2, 0.25) is 0 Å². The predicted octanol–water partition coefficient (Wildman–Crippen LogP) is 2.21. The highest BCUT2D eigenvalue weighted by Crippen LogP contribution is 2.18. The molecule has 2 nitrogen and oxygen atoms in total. The van der Waals surface area contributed by atoms with Crippen LogP contribution in [-0.2, 0) is 6.42 Å². The van der Waals surface area contributed by atoms with E-state index in [2.05, 4.69) is 6.07 Å². The first-order valence-electron chi connectivity index (χ1n) is 4.81. The molecule has 0 fully saturated rings. The molecule has 0 aromatic heterocycles. The highest BCUT2D eigenvalue weighted by molar-refractivity contribution is 5.22. The van der Waals surface area contributed by atoms with Crippen LogP contribution in [0.4, 0.5) is 4.39 Å². The van der Waals surface area contributed by atoms with E-state index in [-0.39, 0.29) is 5.82 Å². The van der Waals surface area contributed by atoms with Gasteiger partial charge in [-0.15, -0.1) is 0 Å². The van der Waals surface area contributed by atoms with Gasteiger partial charge in [-0.25, -0.2) is 4.39 Å². The summed E-state index contributed by atoms with van der Waals surface area (Å²) in [5.74, 6) is -0.258. The van der Waals surface area contributed by atoms with Gasteiger partial charge in [0, 0.05) is 6.42 Å². The van der Waals surface area contributed by atoms with E-state index in [0.29, 0.717) is 6.42 Å². The number of benzene rings is 1. The van der Waals surface area contributed by atoms with E-state index in [0.717, 1.165) is 5.56 Å². The Labute approximate surface area is 89.9 Å². The molecule has 1 aromatic rings. The lowest BCUT2D eigenvalue weighted by molar-refractivity contribution is 0.236. The molecule has 0 radical (unpaired) electrons. The average Bonchev–Trinajstić information content (AvgIpc) is 2.17. The van der Waals surface area contributed by atoms with E-state index in [4.69, 9.17) is 5.26 Å². The SMILES string of the molecule is CN(C)C(C)(C#N)Cc1cccc(F)c1. The highest BCUT2D eigenvalue weighted by Gasteiger charge is 2.26. The molecule has 3 heteroatoms. The van der Waals surface area contributed by atoms with Crippen molar-refractivity contribution in [3.63, 3.8) is 0 Å². The molecule has 0 spiro atoms. The Morgan fingerprint density at radius 3 is 2.60 bits per heavy atom. The van der Waals surface area contributed by atoms with Crippen LogP contribution in [0, 0.1) is 17.1 Å². The molecular weight excluding hydrogens is 191 g/mol. The lowest BCUT2D eigenvalue weighted by atomic mass is 9.93. The summed E-state index contributed by atoms with van der Waals surface area (Å²) < 4.78 is 13.0. The minimum atomic E-state index is -0.589. The van der Waals surface area contributed by atoms with E-state index >= 15 is 0 Å². The maximum absolute atomic E-state index is 13.0. The molecule has 1 unspecified atom stereocenters. The van der Waals surface area contributed by atoms with Gasteiger partial charge in [0.15, 0.2) is 0 Å². The summed E-state index contributed by atoms with van der Waals surface area (Å²) in [6.07, 6.45) is 0.522. The summed E-state index contributed by atoms with van der Waals surface area (Å²) in [5, 5.41) is 9.10. The molecule has 1 atom stereocenters. The number of nitrogens with zero attached hydrogens (tertiary/aromatic N) is 2. The van der Waals surface area contributed by atoms with Crippen molar-refractivity contribution < 1.29 is 4.39 Å². The van der Waals surface area contributed by atoms with Crippen LogP contribution in [0.25, 0.3) is 0 Å². The molecule has 1 rings (SSSR count). The fraction of sp³-hybridized carbons (Fsp3) is 0.417. The third kappa shape index (κ3) is 2.77. The first kappa shape index (κ1) is 11.7. The summed E-state index contributed by atoms with van der Waals surface area (Å²) in [5.41, 5.74) is 0.251. The number of rotatable bonds is 3. The van der Waals surface area contributed by atoms with E-state index in [1.54, 1.807) is 6.07 Å². The van der Waals surface area contributed by atoms with Gasteiger partial charge in [-0.1, -0.05) is 12.1 Å². The van der Waals surface area contributed by atoms with Crippen LogP contribution in [-0.4, -0.2) is 24.5 Å². The molecule has 0 aliphatic heterocycles. The predicted molar refractivity (Wildman–Crippen MR) is 57.8 cm³/mol. The average molecular weight is 206 g/mol. The second-order valence-corrected chi connectivity index (χ2v) is 4.09. The molecule has 15 heavy (non-hydrogen) atoms. The van der Waals surface area contributed by atoms with E-state index < -0.39 is 5.54 Å². The van der Waals surface area contributed by atoms with Crippen molar-refractivity contribution >= 4 is 0 Å². The summed E-state index contributed by atoms with van der Waals surface area (Å²) in [6, 6.07) is 8.63. The standard InChI is InChI=1S/C12H15FN2/c1-12(9-14,15(2)3)8-10-5-4-6-11(13)7-10/h4-7H,8H2,1-3H3. The molecule has 0 saturated carbocycles. The van der Waals surface area contributed by atoms with E-state index in [1.165, 1.54) is 12.1 Å². The second-order valence-electron chi connectivity index (χ2n) is 4.09. The molecule has 0 N–H and O–H groups in total. The molecule has 0 aliphatic carbocycles. The molecular formula is C12H15FN2. The zero-order chi connectivity index (χ0) is 11.5. The Morgan fingerprint density at radius 1 is 1.47 bits per heavy atom. The van der Waals surface area contributed by atoms with Crippen LogP contribution in [0.5, 0.6) is 0 Å². The van der Waals surface area contributed by atoms with Crippen molar-refractivity contribution in [2.45, 2.75) is 18.9 Å². The van der Waals surface area contributed by atoms with Crippen molar-refractivity contribution in [3.8, 4) is 6.07 Å². The van der Waals surface area contributed by atoms with Crippen LogP contribution in [0.3, 0.4) is 0 Å². The Balaban J connectivity index is 2.90. The van der Waals surface area contributed by atoms with Gasteiger partial charge >= 0.3 is 0 Å². The fourth-order valence-electron chi connectivity index (χ4n) is 1.34. The zero-order valence-electron chi connectivity index (χ0n) is 9.29. The van der Waals surface area contributed by atoms with Crippen LogP contribution in [0.15, 0.2) is 24.3 Å². The Bertz CT molecular complexity index is 381. The monoisotopic (exact) mass is 206 g/mol. The molecule has 80 valence electrons. The summed E-state index contributed by atoms with van der Waals surface area (Å²) in [6.45, 7) is 1.85. The lowest BCUT2D eigenvalue weighted by Gasteiger charge is -2.29. The third-order valence-corrected chi connectivity index (χ3v) is 2.67. The smallest absolute Gasteiger partial charge is 0.123 e. The minimum absolute atomic E-state index is 0.258. The molecule has 0 amide bonds. The molecule has 0 saturated heterocycles. The molecule has 1 aromatic carbocycles. The summed E-state index contributed by atoms with van der Waals surface area (Å²) in [7, 11) is 3.70. The third-order valence-electron chi connectivity index (χ3n) is 2.67. The van der Waals surface area contributed by atoms with Gasteiger partial charge in [-0.05, 0) is 38.7 Å². The van der Waals surface area contributed by atoms with Gasteiger partial charge in [-0.3, -0.25) is 4.90 Å². The molecule has 0 bridgehead atoms. The molecule has 0 heterocycles. The van der Waals surface area contributed by atoms with Gasteiger partial charge in [-0.2, -0.15) is 5.26 Å². The van der Waals surface area contributed by atoms with Crippen molar-refractivity contribution in [3.05, 3.63) is 35.6 Å². The van der Waals surface area contributed by atoms with Gasteiger partial charge in [0.2, 0.25) is 0 Å². The maximum atomic E-state index is 13.0. The maximum Gasteiger partial charge on any atom is 0.123 e. The number of likely N-dealkylation sites (N-methyl/N-ethyl adjacent to an activating group) is 1. The number of halogens is 1. The van der Waals surface area contributed by atoms with Gasteiger partial charge in [0.05, 0.1) is 6.07 Å². The topological polar surface area (TPSA) is 27.0 Å². The lowest BCUT2D eigenvalue weighted by Crippen LogP contribution is -2.41. The van der Waals surface area contributed by atoms with Gasteiger partial charge in [0.1, 0.15) is 11.4 Å². The highest BCUT2D eigenvalue weighted by atomic mass is 19.1. The first-order chi connectivity index (χ1) is 6.98. The summed E-state index contributed by atoms with van der Waals surface area (Å²) in [4.78, 5) is 1.85. The largest absolute Gasteiger partial charge is 0.292 e. The quantitative estimate of drug-likeness (QED) is 0.758. The van der Waals surface area contributed by atoms with Gasteiger partial charge in [0.25, 0.3) is 0 Å². The number of hydrogen-bond acceptors (Lipinski definition) is 2. The first-order valence-corrected chi connectivity index (χ1v) is 4.81. The van der Waals surface area contributed by atoms with Crippen LogP contribution in [0.1, 0.15) is 12.5 Å². The van der Waals surface area contributed by atoms with E-state index in [9.17, 15) is 4.39 Å². The van der Waals surface area contributed by atoms with Crippen molar-refractivity contribution in [2.24, 2.45) is 0 Å².